The molecule has 2 aromatic heterocycles. The van der Waals surface area contributed by atoms with Gasteiger partial charge in [0.1, 0.15) is 17.4 Å². The van der Waals surface area contributed by atoms with Crippen LogP contribution in [0.2, 0.25) is 0 Å². The van der Waals surface area contributed by atoms with Crippen molar-refractivity contribution in [3.8, 4) is 0 Å². The van der Waals surface area contributed by atoms with Gasteiger partial charge in [0.2, 0.25) is 5.91 Å². The minimum Gasteiger partial charge on any atom is -0.350 e. The Morgan fingerprint density at radius 2 is 2.00 bits per heavy atom. The van der Waals surface area contributed by atoms with Crippen molar-refractivity contribution in [2.24, 2.45) is 0 Å². The van der Waals surface area contributed by atoms with E-state index < -0.39 is 5.69 Å². The first kappa shape index (κ1) is 19.8. The van der Waals surface area contributed by atoms with E-state index in [0.29, 0.717) is 22.1 Å². The summed E-state index contributed by atoms with van der Waals surface area (Å²) in [6.45, 7) is 2.15. The van der Waals surface area contributed by atoms with E-state index in [-0.39, 0.29) is 18.3 Å². The lowest BCUT2D eigenvalue weighted by molar-refractivity contribution is -0.122. The van der Waals surface area contributed by atoms with Crippen molar-refractivity contribution in [1.82, 2.24) is 24.5 Å². The lowest BCUT2D eigenvalue weighted by atomic mass is 10.1. The Kier molecular flexibility index (Phi) is 5.62. The number of hydrogen-bond acceptors (Lipinski definition) is 5. The van der Waals surface area contributed by atoms with Gasteiger partial charge in [0.05, 0.1) is 0 Å². The molecule has 30 heavy (non-hydrogen) atoms. The number of nitrogens with one attached hydrogen (secondary N) is 1. The van der Waals surface area contributed by atoms with Crippen LogP contribution in [0.4, 0.5) is 4.39 Å². The molecule has 2 heterocycles. The van der Waals surface area contributed by atoms with Crippen molar-refractivity contribution in [2.45, 2.75) is 29.9 Å². The lowest BCUT2D eigenvalue weighted by Crippen LogP contribution is -2.32. The van der Waals surface area contributed by atoms with Crippen LogP contribution in [0, 0.1) is 12.7 Å². The molecule has 0 radical (unpaired) electrons. The van der Waals surface area contributed by atoms with Crippen molar-refractivity contribution < 1.29 is 9.18 Å². The molecule has 4 aromatic rings. The van der Waals surface area contributed by atoms with Gasteiger partial charge in [-0.2, -0.15) is 0 Å². The average Bonchev–Trinajstić information content (AvgIpc) is 3.04. The van der Waals surface area contributed by atoms with Crippen molar-refractivity contribution in [3.05, 3.63) is 88.4 Å². The van der Waals surface area contributed by atoms with Crippen LogP contribution in [0.1, 0.15) is 11.1 Å². The first-order valence-electron chi connectivity index (χ1n) is 9.19. The summed E-state index contributed by atoms with van der Waals surface area (Å²) in [4.78, 5) is 29.8. The van der Waals surface area contributed by atoms with E-state index in [1.807, 2.05) is 31.2 Å². The van der Waals surface area contributed by atoms with Gasteiger partial charge in [-0.1, -0.05) is 47.7 Å². The second kappa shape index (κ2) is 8.50. The molecule has 1 N–H and O–H groups in total. The van der Waals surface area contributed by atoms with Gasteiger partial charge in [-0.05, 0) is 30.7 Å². The zero-order valence-corrected chi connectivity index (χ0v) is 16.9. The van der Waals surface area contributed by atoms with E-state index in [0.717, 1.165) is 15.8 Å². The topological polar surface area (TPSA) is 81.3 Å². The molecule has 9 heteroatoms. The molecule has 2 aromatic carbocycles. The highest BCUT2D eigenvalue weighted by Crippen LogP contribution is 2.28. The highest BCUT2D eigenvalue weighted by atomic mass is 32.2. The highest BCUT2D eigenvalue weighted by molar-refractivity contribution is 7.99. The van der Waals surface area contributed by atoms with E-state index in [1.165, 1.54) is 40.7 Å². The second-order valence-corrected chi connectivity index (χ2v) is 7.75. The first-order valence-corrected chi connectivity index (χ1v) is 10.0. The largest absolute Gasteiger partial charge is 0.350 e. The van der Waals surface area contributed by atoms with E-state index in [9.17, 15) is 14.0 Å². The van der Waals surface area contributed by atoms with Crippen molar-refractivity contribution in [3.63, 3.8) is 0 Å². The number of aromatic nitrogens is 4. The predicted molar refractivity (Wildman–Crippen MR) is 111 cm³/mol. The Hall–Kier alpha value is -3.46. The zero-order valence-electron chi connectivity index (χ0n) is 16.1. The molecule has 0 atom stereocenters. The standard InChI is InChI=1S/C21H18FN5O2S/c1-14-5-7-15(8-6-14)12-24-18(28)13-27-21(29)26-10-9-23-20(19(26)25-27)30-17-4-2-3-16(22)11-17/h2-11H,12-13H2,1H3,(H,24,28). The molecule has 152 valence electrons. The van der Waals surface area contributed by atoms with Crippen molar-refractivity contribution in [2.75, 3.05) is 0 Å². The number of carbonyl (C=O) groups excluding carboxylic acids is 1. The third-order valence-corrected chi connectivity index (χ3v) is 5.35. The normalized spacial score (nSPS) is 11.0. The van der Waals surface area contributed by atoms with Crippen LogP contribution in [0.15, 0.2) is 75.6 Å². The molecule has 0 aliphatic carbocycles. The molecule has 0 spiro atoms. The molecule has 0 saturated carbocycles. The summed E-state index contributed by atoms with van der Waals surface area (Å²) < 4.78 is 15.9. The molecule has 1 amide bonds. The molecule has 0 fully saturated rings. The van der Waals surface area contributed by atoms with Gasteiger partial charge in [-0.3, -0.25) is 4.79 Å². The molecule has 0 unspecified atom stereocenters. The van der Waals surface area contributed by atoms with Crippen LogP contribution >= 0.6 is 11.8 Å². The maximum atomic E-state index is 13.5. The fourth-order valence-corrected chi connectivity index (χ4v) is 3.73. The first-order chi connectivity index (χ1) is 14.5. The minimum absolute atomic E-state index is 0.212. The third kappa shape index (κ3) is 4.41. The van der Waals surface area contributed by atoms with Crippen LogP contribution < -0.4 is 11.0 Å². The Morgan fingerprint density at radius 1 is 1.20 bits per heavy atom. The van der Waals surface area contributed by atoms with Gasteiger partial charge in [0, 0.05) is 23.8 Å². The summed E-state index contributed by atoms with van der Waals surface area (Å²) in [6.07, 6.45) is 2.96. The second-order valence-electron chi connectivity index (χ2n) is 6.69. The number of benzene rings is 2. The summed E-state index contributed by atoms with van der Waals surface area (Å²) in [7, 11) is 0. The Bertz CT molecular complexity index is 1270. The number of rotatable bonds is 6. The smallest absolute Gasteiger partial charge is 0.350 e. The Balaban J connectivity index is 1.52. The average molecular weight is 423 g/mol. The van der Waals surface area contributed by atoms with E-state index in [4.69, 9.17) is 0 Å². The quantitative estimate of drug-likeness (QED) is 0.516. The number of hydrogen-bond donors (Lipinski definition) is 1. The van der Waals surface area contributed by atoms with E-state index in [2.05, 4.69) is 15.4 Å². The summed E-state index contributed by atoms with van der Waals surface area (Å²) in [5, 5.41) is 7.50. The number of nitrogens with zero attached hydrogens (tertiary/aromatic N) is 4. The van der Waals surface area contributed by atoms with Gasteiger partial charge in [0.15, 0.2) is 5.65 Å². The molecule has 0 saturated heterocycles. The van der Waals surface area contributed by atoms with E-state index in [1.54, 1.807) is 12.1 Å². The number of aryl methyl sites for hydroxylation is 1. The van der Waals surface area contributed by atoms with Gasteiger partial charge in [-0.15, -0.1) is 5.10 Å². The number of amides is 1. The fourth-order valence-electron chi connectivity index (χ4n) is 2.84. The maximum absolute atomic E-state index is 13.5. The number of fused-ring (bicyclic) bond motifs is 1. The predicted octanol–water partition coefficient (Wildman–Crippen LogP) is 2.81. The van der Waals surface area contributed by atoms with Crippen LogP contribution in [0.5, 0.6) is 0 Å². The molecule has 4 rings (SSSR count). The Labute approximate surface area is 175 Å². The van der Waals surface area contributed by atoms with Crippen molar-refractivity contribution in [1.29, 1.82) is 0 Å². The Morgan fingerprint density at radius 3 is 2.77 bits per heavy atom. The molecular formula is C21H18FN5O2S. The molecule has 0 aliphatic heterocycles. The minimum atomic E-state index is -0.445. The zero-order chi connectivity index (χ0) is 21.1. The molecule has 0 bridgehead atoms. The monoisotopic (exact) mass is 423 g/mol. The molecule has 0 aliphatic rings. The van der Waals surface area contributed by atoms with Crippen LogP contribution in [-0.4, -0.2) is 25.1 Å². The fraction of sp³-hybridized carbons (Fsp3) is 0.143. The third-order valence-electron chi connectivity index (χ3n) is 4.38. The summed E-state index contributed by atoms with van der Waals surface area (Å²) in [5.74, 6) is -0.687. The van der Waals surface area contributed by atoms with E-state index >= 15 is 0 Å². The molecular weight excluding hydrogens is 405 g/mol. The van der Waals surface area contributed by atoms with Crippen LogP contribution in [0.25, 0.3) is 5.65 Å². The van der Waals surface area contributed by atoms with Gasteiger partial charge in [-0.25, -0.2) is 23.3 Å². The summed E-state index contributed by atoms with van der Waals surface area (Å²) >= 11 is 1.19. The lowest BCUT2D eigenvalue weighted by Gasteiger charge is -2.05. The highest BCUT2D eigenvalue weighted by Gasteiger charge is 2.15. The summed E-state index contributed by atoms with van der Waals surface area (Å²) in [6, 6.07) is 13.9. The number of halogens is 1. The molecule has 7 nitrogen and oxygen atoms in total. The maximum Gasteiger partial charge on any atom is 0.350 e. The van der Waals surface area contributed by atoms with Crippen molar-refractivity contribution >= 4 is 23.3 Å². The SMILES string of the molecule is Cc1ccc(CNC(=O)Cn2nc3c(Sc4cccc(F)c4)nccn3c2=O)cc1. The number of carbonyl (C=O) groups is 1. The van der Waals surface area contributed by atoms with Gasteiger partial charge >= 0.3 is 5.69 Å². The van der Waals surface area contributed by atoms with Gasteiger partial charge < -0.3 is 5.32 Å². The summed E-state index contributed by atoms with van der Waals surface area (Å²) in [5.41, 5.74) is 1.97. The van der Waals surface area contributed by atoms with Crippen LogP contribution in [-0.2, 0) is 17.9 Å². The van der Waals surface area contributed by atoms with Gasteiger partial charge in [0.25, 0.3) is 0 Å². The van der Waals surface area contributed by atoms with Crippen LogP contribution in [0.3, 0.4) is 0 Å².